The molecule has 0 bridgehead atoms. The van der Waals surface area contributed by atoms with Crippen molar-refractivity contribution in [3.05, 3.63) is 23.0 Å². The Bertz CT molecular complexity index is 326. The van der Waals surface area contributed by atoms with Crippen LogP contribution in [0.1, 0.15) is 35.6 Å². The van der Waals surface area contributed by atoms with E-state index in [1.54, 1.807) is 11.6 Å². The Balaban J connectivity index is 3.28. The fourth-order valence-electron chi connectivity index (χ4n) is 1.61. The Labute approximate surface area is 78.0 Å². The van der Waals surface area contributed by atoms with E-state index in [1.807, 2.05) is 19.9 Å². The van der Waals surface area contributed by atoms with Crippen LogP contribution in [0.2, 0.25) is 0 Å². The van der Waals surface area contributed by atoms with Crippen LogP contribution in [-0.2, 0) is 19.9 Å². The molecule has 0 radical (unpaired) electrons. The van der Waals surface area contributed by atoms with Gasteiger partial charge in [0.1, 0.15) is 5.69 Å². The van der Waals surface area contributed by atoms with E-state index >= 15 is 0 Å². The van der Waals surface area contributed by atoms with Gasteiger partial charge in [-0.25, -0.2) is 4.79 Å². The van der Waals surface area contributed by atoms with Gasteiger partial charge in [0.15, 0.2) is 0 Å². The second-order valence-electron chi connectivity index (χ2n) is 3.08. The number of hydrogen-bond acceptors (Lipinski definition) is 1. The predicted molar refractivity (Wildman–Crippen MR) is 51.1 cm³/mol. The maximum atomic E-state index is 10.9. The van der Waals surface area contributed by atoms with Gasteiger partial charge < -0.3 is 9.67 Å². The zero-order valence-electron chi connectivity index (χ0n) is 8.29. The molecule has 3 heteroatoms. The van der Waals surface area contributed by atoms with Crippen molar-refractivity contribution in [2.24, 2.45) is 7.05 Å². The Morgan fingerprint density at radius 3 is 2.38 bits per heavy atom. The lowest BCUT2D eigenvalue weighted by Gasteiger charge is -2.02. The van der Waals surface area contributed by atoms with E-state index in [-0.39, 0.29) is 0 Å². The van der Waals surface area contributed by atoms with Crippen molar-refractivity contribution in [2.75, 3.05) is 0 Å². The van der Waals surface area contributed by atoms with E-state index in [0.717, 1.165) is 24.1 Å². The summed E-state index contributed by atoms with van der Waals surface area (Å²) in [6.45, 7) is 4.00. The summed E-state index contributed by atoms with van der Waals surface area (Å²) in [5.74, 6) is -0.834. The predicted octanol–water partition coefficient (Wildman–Crippen LogP) is 1.85. The smallest absolute Gasteiger partial charge is 0.352 e. The summed E-state index contributed by atoms with van der Waals surface area (Å²) in [7, 11) is 1.81. The third-order valence-corrected chi connectivity index (χ3v) is 2.36. The third-order valence-electron chi connectivity index (χ3n) is 2.36. The monoisotopic (exact) mass is 181 g/mol. The molecule has 0 saturated heterocycles. The lowest BCUT2D eigenvalue weighted by atomic mass is 10.2. The standard InChI is InChI=1S/C10H15NO2/c1-4-7-6-8(5-2)11(3)9(7)10(12)13/h6H,4-5H2,1-3H3,(H,12,13). The van der Waals surface area contributed by atoms with Crippen molar-refractivity contribution in [1.82, 2.24) is 4.57 Å². The molecule has 0 atom stereocenters. The van der Waals surface area contributed by atoms with E-state index in [9.17, 15) is 4.79 Å². The van der Waals surface area contributed by atoms with Crippen LogP contribution in [0, 0.1) is 0 Å². The maximum absolute atomic E-state index is 10.9. The highest BCUT2D eigenvalue weighted by Gasteiger charge is 2.15. The first-order valence-electron chi connectivity index (χ1n) is 4.52. The van der Waals surface area contributed by atoms with Crippen LogP contribution in [0.3, 0.4) is 0 Å². The summed E-state index contributed by atoms with van der Waals surface area (Å²) in [5, 5.41) is 8.97. The molecule has 0 spiro atoms. The average Bonchev–Trinajstić information content (AvgIpc) is 2.41. The Morgan fingerprint density at radius 1 is 1.46 bits per heavy atom. The van der Waals surface area contributed by atoms with E-state index < -0.39 is 5.97 Å². The SMILES string of the molecule is CCc1cc(CC)n(C)c1C(=O)O. The van der Waals surface area contributed by atoms with Crippen LogP contribution in [0.5, 0.6) is 0 Å². The minimum absolute atomic E-state index is 0.430. The van der Waals surface area contributed by atoms with Crippen molar-refractivity contribution in [2.45, 2.75) is 26.7 Å². The number of aryl methyl sites for hydroxylation is 2. The second-order valence-corrected chi connectivity index (χ2v) is 3.08. The molecule has 3 nitrogen and oxygen atoms in total. The molecular formula is C10H15NO2. The lowest BCUT2D eigenvalue weighted by molar-refractivity contribution is 0.0685. The Kier molecular flexibility index (Phi) is 2.76. The molecule has 0 aliphatic carbocycles. The Morgan fingerprint density at radius 2 is 2.08 bits per heavy atom. The summed E-state index contributed by atoms with van der Waals surface area (Å²) in [5.41, 5.74) is 2.43. The molecule has 1 heterocycles. The second kappa shape index (κ2) is 3.64. The van der Waals surface area contributed by atoms with Gasteiger partial charge in [-0.1, -0.05) is 13.8 Å². The maximum Gasteiger partial charge on any atom is 0.352 e. The van der Waals surface area contributed by atoms with Crippen LogP contribution >= 0.6 is 0 Å². The molecule has 0 fully saturated rings. The first-order chi connectivity index (χ1) is 6.11. The van der Waals surface area contributed by atoms with Gasteiger partial charge in [-0.3, -0.25) is 0 Å². The van der Waals surface area contributed by atoms with Gasteiger partial charge in [-0.2, -0.15) is 0 Å². The summed E-state index contributed by atoms with van der Waals surface area (Å²) >= 11 is 0. The van der Waals surface area contributed by atoms with Gasteiger partial charge in [0.05, 0.1) is 0 Å². The summed E-state index contributed by atoms with van der Waals surface area (Å²) in [6.07, 6.45) is 1.65. The molecule has 0 unspecified atom stereocenters. The highest BCUT2D eigenvalue weighted by atomic mass is 16.4. The van der Waals surface area contributed by atoms with E-state index in [1.165, 1.54) is 0 Å². The van der Waals surface area contributed by atoms with Crippen molar-refractivity contribution in [3.63, 3.8) is 0 Å². The number of aromatic carboxylic acids is 1. The zero-order chi connectivity index (χ0) is 10.0. The molecule has 1 aromatic rings. The van der Waals surface area contributed by atoms with Gasteiger partial charge in [0.25, 0.3) is 0 Å². The van der Waals surface area contributed by atoms with Gasteiger partial charge in [0.2, 0.25) is 0 Å². The van der Waals surface area contributed by atoms with E-state index in [0.29, 0.717) is 5.69 Å². The minimum Gasteiger partial charge on any atom is -0.477 e. The highest BCUT2D eigenvalue weighted by molar-refractivity contribution is 5.88. The van der Waals surface area contributed by atoms with Crippen LogP contribution in [-0.4, -0.2) is 15.6 Å². The number of nitrogens with zero attached hydrogens (tertiary/aromatic N) is 1. The van der Waals surface area contributed by atoms with Gasteiger partial charge in [-0.05, 0) is 24.5 Å². The molecule has 0 amide bonds. The number of carbonyl (C=O) groups is 1. The highest BCUT2D eigenvalue weighted by Crippen LogP contribution is 2.16. The van der Waals surface area contributed by atoms with Gasteiger partial charge in [-0.15, -0.1) is 0 Å². The number of hydrogen-bond donors (Lipinski definition) is 1. The summed E-state index contributed by atoms with van der Waals surface area (Å²) in [6, 6.07) is 1.98. The van der Waals surface area contributed by atoms with Crippen LogP contribution in [0.4, 0.5) is 0 Å². The molecule has 72 valence electrons. The first-order valence-corrected chi connectivity index (χ1v) is 4.52. The summed E-state index contributed by atoms with van der Waals surface area (Å²) in [4.78, 5) is 10.9. The fourth-order valence-corrected chi connectivity index (χ4v) is 1.61. The zero-order valence-corrected chi connectivity index (χ0v) is 8.29. The lowest BCUT2D eigenvalue weighted by Crippen LogP contribution is -2.08. The quantitative estimate of drug-likeness (QED) is 0.773. The molecule has 1 rings (SSSR count). The van der Waals surface area contributed by atoms with Crippen molar-refractivity contribution in [1.29, 1.82) is 0 Å². The number of carboxylic acids is 1. The van der Waals surface area contributed by atoms with Crippen molar-refractivity contribution in [3.8, 4) is 0 Å². The minimum atomic E-state index is -0.834. The number of rotatable bonds is 3. The molecule has 0 saturated carbocycles. The van der Waals surface area contributed by atoms with Gasteiger partial charge >= 0.3 is 5.97 Å². The van der Waals surface area contributed by atoms with Crippen molar-refractivity contribution >= 4 is 5.97 Å². The van der Waals surface area contributed by atoms with Crippen LogP contribution < -0.4 is 0 Å². The molecule has 0 aliphatic rings. The topological polar surface area (TPSA) is 42.2 Å². The number of carboxylic acid groups (broad SMARTS) is 1. The molecule has 0 aliphatic heterocycles. The van der Waals surface area contributed by atoms with E-state index in [2.05, 4.69) is 0 Å². The third kappa shape index (κ3) is 1.59. The van der Waals surface area contributed by atoms with Crippen LogP contribution in [0.15, 0.2) is 6.07 Å². The molecule has 0 aromatic carbocycles. The van der Waals surface area contributed by atoms with E-state index in [4.69, 9.17) is 5.11 Å². The fraction of sp³-hybridized carbons (Fsp3) is 0.500. The van der Waals surface area contributed by atoms with Crippen molar-refractivity contribution < 1.29 is 9.90 Å². The summed E-state index contributed by atoms with van der Waals surface area (Å²) < 4.78 is 1.77. The van der Waals surface area contributed by atoms with Gasteiger partial charge in [0, 0.05) is 12.7 Å². The molecule has 1 aromatic heterocycles. The largest absolute Gasteiger partial charge is 0.477 e. The van der Waals surface area contributed by atoms with Crippen LogP contribution in [0.25, 0.3) is 0 Å². The normalized spacial score (nSPS) is 10.4. The molecular weight excluding hydrogens is 166 g/mol. The first kappa shape index (κ1) is 9.84. The molecule has 13 heavy (non-hydrogen) atoms. The average molecular weight is 181 g/mol. The number of aromatic nitrogens is 1. The Hall–Kier alpha value is -1.25. The molecule has 1 N–H and O–H groups in total.